The first kappa shape index (κ1) is 31.4. The Morgan fingerprint density at radius 1 is 1.19 bits per heavy atom. The molecule has 0 spiro atoms. The summed E-state index contributed by atoms with van der Waals surface area (Å²) in [5.74, 6) is -0.917. The van der Waals surface area contributed by atoms with Crippen LogP contribution < -0.4 is 15.8 Å². The number of carbonyl (C=O) groups excluding carboxylic acids is 2. The first-order chi connectivity index (χ1) is 20.2. The second-order valence-electron chi connectivity index (χ2n) is 12.1. The summed E-state index contributed by atoms with van der Waals surface area (Å²) in [6, 6.07) is 5.82. The van der Waals surface area contributed by atoms with Crippen molar-refractivity contribution in [3.8, 4) is 5.69 Å². The molecular weight excluding hydrogens is 574 g/mol. The van der Waals surface area contributed by atoms with Gasteiger partial charge >= 0.3 is 12.1 Å². The van der Waals surface area contributed by atoms with E-state index in [1.54, 1.807) is 56.2 Å². The highest BCUT2D eigenvalue weighted by atomic mass is 28.3. The van der Waals surface area contributed by atoms with Gasteiger partial charge in [-0.15, -0.1) is 0 Å². The molecule has 15 heteroatoms. The Morgan fingerprint density at radius 2 is 1.93 bits per heavy atom. The van der Waals surface area contributed by atoms with Crippen molar-refractivity contribution in [2.45, 2.75) is 58.8 Å². The Morgan fingerprint density at radius 3 is 2.60 bits per heavy atom. The number of fused-ring (bicyclic) bond motifs is 1. The molecule has 0 aromatic carbocycles. The molecule has 0 unspecified atom stereocenters. The third-order valence-electron chi connectivity index (χ3n) is 6.14. The minimum atomic E-state index is -1.21. The van der Waals surface area contributed by atoms with Crippen LogP contribution in [0.5, 0.6) is 0 Å². The van der Waals surface area contributed by atoms with Crippen LogP contribution in [0.3, 0.4) is 0 Å². The first-order valence-corrected chi connectivity index (χ1v) is 17.3. The number of anilines is 3. The summed E-state index contributed by atoms with van der Waals surface area (Å²) in [5, 5.41) is 11.3. The van der Waals surface area contributed by atoms with Gasteiger partial charge in [0.2, 0.25) is 0 Å². The van der Waals surface area contributed by atoms with E-state index in [4.69, 9.17) is 18.7 Å². The van der Waals surface area contributed by atoms with E-state index in [0.717, 1.165) is 6.04 Å². The van der Waals surface area contributed by atoms with Gasteiger partial charge in [0.05, 0.1) is 30.9 Å². The molecule has 0 fully saturated rings. The fourth-order valence-corrected chi connectivity index (χ4v) is 4.65. The second kappa shape index (κ2) is 12.4. The van der Waals surface area contributed by atoms with Gasteiger partial charge in [-0.05, 0) is 38.9 Å². The van der Waals surface area contributed by atoms with E-state index < -0.39 is 25.7 Å². The van der Waals surface area contributed by atoms with E-state index in [0.29, 0.717) is 12.3 Å². The van der Waals surface area contributed by atoms with Crippen molar-refractivity contribution in [1.29, 1.82) is 0 Å². The van der Waals surface area contributed by atoms with E-state index >= 15 is 0 Å². The van der Waals surface area contributed by atoms with Gasteiger partial charge in [0.15, 0.2) is 5.52 Å². The Kier molecular flexibility index (Phi) is 9.06. The highest BCUT2D eigenvalue weighted by Crippen LogP contribution is 2.31. The van der Waals surface area contributed by atoms with Gasteiger partial charge in [0.1, 0.15) is 29.4 Å². The first-order valence-electron chi connectivity index (χ1n) is 13.6. The van der Waals surface area contributed by atoms with Gasteiger partial charge in [-0.1, -0.05) is 24.8 Å². The summed E-state index contributed by atoms with van der Waals surface area (Å²) in [6.45, 7) is 13.0. The lowest BCUT2D eigenvalue weighted by Gasteiger charge is -2.25. The number of ether oxygens (including phenoxy) is 3. The predicted molar refractivity (Wildman–Crippen MR) is 163 cm³/mol. The van der Waals surface area contributed by atoms with E-state index in [-0.39, 0.29) is 46.3 Å². The van der Waals surface area contributed by atoms with Crippen molar-refractivity contribution in [3.05, 3.63) is 52.9 Å². The molecule has 0 saturated carbocycles. The zero-order valence-corrected chi connectivity index (χ0v) is 26.6. The minimum absolute atomic E-state index is 0.0360. The summed E-state index contributed by atoms with van der Waals surface area (Å²) in [7, 11) is 1.48. The van der Waals surface area contributed by atoms with Gasteiger partial charge in [-0.3, -0.25) is 14.3 Å². The number of esters is 1. The van der Waals surface area contributed by atoms with Gasteiger partial charge in [0.25, 0.3) is 11.3 Å². The van der Waals surface area contributed by atoms with Crippen molar-refractivity contribution in [2.75, 3.05) is 31.0 Å². The monoisotopic (exact) mass is 611 g/mol. The van der Waals surface area contributed by atoms with Crippen LogP contribution in [-0.2, 0) is 20.9 Å². The number of amides is 1. The van der Waals surface area contributed by atoms with Gasteiger partial charge < -0.3 is 24.1 Å². The number of methoxy groups -OCH3 is 1. The van der Waals surface area contributed by atoms with Crippen molar-refractivity contribution < 1.29 is 28.3 Å². The van der Waals surface area contributed by atoms with Crippen LogP contribution in [0, 0.1) is 0 Å². The van der Waals surface area contributed by atoms with Crippen LogP contribution in [0.1, 0.15) is 31.3 Å². The van der Waals surface area contributed by atoms with Crippen molar-refractivity contribution in [3.63, 3.8) is 0 Å². The summed E-state index contributed by atoms with van der Waals surface area (Å²) < 4.78 is 24.3. The molecule has 4 rings (SSSR count). The summed E-state index contributed by atoms with van der Waals surface area (Å²) >= 11 is 0. The number of pyridine rings is 2. The van der Waals surface area contributed by atoms with Crippen molar-refractivity contribution >= 4 is 48.4 Å². The largest absolute Gasteiger partial charge is 0.463 e. The Labute approximate surface area is 249 Å². The third kappa shape index (κ3) is 7.67. The maximum atomic E-state index is 13.5. The van der Waals surface area contributed by atoms with Gasteiger partial charge in [0, 0.05) is 34.0 Å². The molecule has 0 aliphatic heterocycles. The van der Waals surface area contributed by atoms with Gasteiger partial charge in [-0.2, -0.15) is 5.10 Å². The molecule has 230 valence electrons. The normalized spacial score (nSPS) is 11.9. The zero-order valence-electron chi connectivity index (χ0n) is 25.6. The van der Waals surface area contributed by atoms with Crippen LogP contribution in [-0.4, -0.2) is 71.0 Å². The SMILES string of the molecule is COC(=O)c1onc2c(N(C)C(=O)OC(C)(C)C)cc(Nc3cccn(-c4cnn(COCC[Si](C)(C)C)c4)c3=O)nc12. The lowest BCUT2D eigenvalue weighted by molar-refractivity contribution is 0.0554. The van der Waals surface area contributed by atoms with Crippen LogP contribution in [0.15, 0.2) is 46.1 Å². The van der Waals surface area contributed by atoms with Crippen LogP contribution in [0.25, 0.3) is 16.7 Å². The van der Waals surface area contributed by atoms with Crippen LogP contribution >= 0.6 is 0 Å². The number of hydrogen-bond acceptors (Lipinski definition) is 11. The Bertz CT molecular complexity index is 1680. The summed E-state index contributed by atoms with van der Waals surface area (Å²) in [5.41, 5.74) is -0.0314. The molecule has 4 heterocycles. The van der Waals surface area contributed by atoms with E-state index in [2.05, 4.69) is 40.2 Å². The highest BCUT2D eigenvalue weighted by Gasteiger charge is 2.27. The molecule has 0 bridgehead atoms. The number of nitrogens with zero attached hydrogens (tertiary/aromatic N) is 6. The maximum absolute atomic E-state index is 13.5. The predicted octanol–water partition coefficient (Wildman–Crippen LogP) is 4.78. The molecule has 0 aliphatic carbocycles. The molecule has 1 N–H and O–H groups in total. The lowest BCUT2D eigenvalue weighted by atomic mass is 10.2. The fourth-order valence-electron chi connectivity index (χ4n) is 3.90. The van der Waals surface area contributed by atoms with E-state index in [1.165, 1.54) is 29.7 Å². The molecule has 1 amide bonds. The molecule has 0 saturated heterocycles. The number of rotatable bonds is 10. The quantitative estimate of drug-likeness (QED) is 0.149. The van der Waals surface area contributed by atoms with Crippen LogP contribution in [0.2, 0.25) is 25.7 Å². The average Bonchev–Trinajstić information content (AvgIpc) is 3.57. The third-order valence-corrected chi connectivity index (χ3v) is 7.85. The van der Waals surface area contributed by atoms with Gasteiger partial charge in [-0.25, -0.2) is 19.3 Å². The zero-order chi connectivity index (χ0) is 31.5. The molecule has 0 atom stereocenters. The minimum Gasteiger partial charge on any atom is -0.463 e. The van der Waals surface area contributed by atoms with Crippen molar-refractivity contribution in [2.24, 2.45) is 0 Å². The number of nitrogens with one attached hydrogen (secondary N) is 1. The smallest absolute Gasteiger partial charge is 0.414 e. The highest BCUT2D eigenvalue weighted by molar-refractivity contribution is 6.76. The second-order valence-corrected chi connectivity index (χ2v) is 17.7. The molecule has 0 radical (unpaired) electrons. The topological polar surface area (TPSA) is 156 Å². The number of carbonyl (C=O) groups is 2. The van der Waals surface area contributed by atoms with Crippen molar-refractivity contribution in [1.82, 2.24) is 24.5 Å². The molecule has 14 nitrogen and oxygen atoms in total. The number of hydrogen-bond donors (Lipinski definition) is 1. The maximum Gasteiger partial charge on any atom is 0.414 e. The number of aromatic nitrogens is 5. The molecule has 4 aromatic heterocycles. The molecule has 43 heavy (non-hydrogen) atoms. The van der Waals surface area contributed by atoms with E-state index in [9.17, 15) is 14.4 Å². The Hall–Kier alpha value is -4.50. The average molecular weight is 612 g/mol. The van der Waals surface area contributed by atoms with E-state index in [1.807, 2.05) is 0 Å². The lowest BCUT2D eigenvalue weighted by Crippen LogP contribution is -2.34. The molecular formula is C28H37N7O7Si. The molecule has 0 aliphatic rings. The molecule has 4 aromatic rings. The summed E-state index contributed by atoms with van der Waals surface area (Å²) in [6.07, 6.45) is 4.24. The Balaban J connectivity index is 1.65. The van der Waals surface area contributed by atoms with Crippen LogP contribution in [0.4, 0.5) is 22.0 Å². The fraction of sp³-hybridized carbons (Fsp3) is 0.429. The summed E-state index contributed by atoms with van der Waals surface area (Å²) in [4.78, 5) is 44.4. The standard InChI is InChI=1S/C28H37N7O7Si/c1-28(2,3)41-27(38)33(4)20-14-21(31-23-22(20)32-42-24(23)26(37)39-5)30-19-10-9-11-35(25(19)36)18-15-29-34(16-18)17-40-12-13-43(6,7)8/h9-11,14-16H,12-13,17H2,1-8H3,(H,30,31).